The van der Waals surface area contributed by atoms with Crippen LogP contribution in [0.5, 0.6) is 0 Å². The second kappa shape index (κ2) is 5.09. The van der Waals surface area contributed by atoms with Crippen molar-refractivity contribution in [2.24, 2.45) is 16.7 Å². The van der Waals surface area contributed by atoms with Crippen LogP contribution in [0.4, 0.5) is 0 Å². The van der Waals surface area contributed by atoms with E-state index < -0.39 is 0 Å². The Hall–Kier alpha value is -0.370. The molecule has 1 fully saturated rings. The van der Waals surface area contributed by atoms with E-state index in [1.807, 2.05) is 0 Å². The SMILES string of the molecule is C[C@@H]1C[C@H](CCC=O)O[C@H](C(C)(C)C)C1(C)C. The molecule has 1 rings (SSSR count). The molecule has 1 heterocycles. The fraction of sp³-hybridized carbons (Fsp3) is 0.933. The summed E-state index contributed by atoms with van der Waals surface area (Å²) < 4.78 is 6.28. The molecule has 2 heteroatoms. The predicted octanol–water partition coefficient (Wildman–Crippen LogP) is 3.83. The second-order valence-electron chi connectivity index (χ2n) is 7.21. The zero-order chi connectivity index (χ0) is 13.3. The average Bonchev–Trinajstić information content (AvgIpc) is 2.18. The molecular weight excluding hydrogens is 212 g/mol. The molecule has 0 amide bonds. The average molecular weight is 240 g/mol. The molecule has 3 atom stereocenters. The molecule has 0 aromatic rings. The Balaban J connectivity index is 2.80. The van der Waals surface area contributed by atoms with Crippen LogP contribution in [0.3, 0.4) is 0 Å². The summed E-state index contributed by atoms with van der Waals surface area (Å²) in [4.78, 5) is 10.5. The Morgan fingerprint density at radius 3 is 2.41 bits per heavy atom. The number of aldehydes is 1. The van der Waals surface area contributed by atoms with Crippen LogP contribution < -0.4 is 0 Å². The van der Waals surface area contributed by atoms with Gasteiger partial charge in [-0.1, -0.05) is 41.5 Å². The van der Waals surface area contributed by atoms with Gasteiger partial charge in [0.2, 0.25) is 0 Å². The number of hydrogen-bond donors (Lipinski definition) is 0. The third kappa shape index (κ3) is 3.31. The molecule has 2 nitrogen and oxygen atoms in total. The van der Waals surface area contributed by atoms with Crippen molar-refractivity contribution in [3.05, 3.63) is 0 Å². The van der Waals surface area contributed by atoms with E-state index in [0.29, 0.717) is 12.3 Å². The monoisotopic (exact) mass is 240 g/mol. The van der Waals surface area contributed by atoms with Gasteiger partial charge < -0.3 is 9.53 Å². The number of carbonyl (C=O) groups is 1. The summed E-state index contributed by atoms with van der Waals surface area (Å²) >= 11 is 0. The van der Waals surface area contributed by atoms with Crippen molar-refractivity contribution in [2.45, 2.75) is 73.0 Å². The van der Waals surface area contributed by atoms with Crippen LogP contribution in [-0.2, 0) is 9.53 Å². The standard InChI is InChI=1S/C15H28O2/c1-11-10-12(8-7-9-16)17-13(14(2,3)4)15(11,5)6/h9,11-13H,7-8,10H2,1-6H3/t11-,12+,13-/m1/s1. The predicted molar refractivity (Wildman–Crippen MR) is 71.0 cm³/mol. The molecule has 0 aromatic carbocycles. The maximum Gasteiger partial charge on any atom is 0.120 e. The van der Waals surface area contributed by atoms with Gasteiger partial charge in [0.05, 0.1) is 12.2 Å². The van der Waals surface area contributed by atoms with Gasteiger partial charge in [0, 0.05) is 6.42 Å². The molecule has 0 radical (unpaired) electrons. The summed E-state index contributed by atoms with van der Waals surface area (Å²) in [5, 5.41) is 0. The van der Waals surface area contributed by atoms with E-state index in [0.717, 1.165) is 19.1 Å². The first-order valence-electron chi connectivity index (χ1n) is 6.78. The molecule has 0 aromatic heterocycles. The highest BCUT2D eigenvalue weighted by Crippen LogP contribution is 2.47. The molecule has 0 saturated carbocycles. The number of carbonyl (C=O) groups excluding carboxylic acids is 1. The van der Waals surface area contributed by atoms with E-state index in [1.54, 1.807) is 0 Å². The fourth-order valence-corrected chi connectivity index (χ4v) is 3.14. The summed E-state index contributed by atoms with van der Waals surface area (Å²) in [5.41, 5.74) is 0.355. The smallest absolute Gasteiger partial charge is 0.120 e. The first kappa shape index (κ1) is 14.7. The summed E-state index contributed by atoms with van der Waals surface area (Å²) in [6, 6.07) is 0. The van der Waals surface area contributed by atoms with Crippen molar-refractivity contribution in [1.29, 1.82) is 0 Å². The second-order valence-corrected chi connectivity index (χ2v) is 7.21. The van der Waals surface area contributed by atoms with E-state index in [2.05, 4.69) is 41.5 Å². The number of hydrogen-bond acceptors (Lipinski definition) is 2. The minimum Gasteiger partial charge on any atom is -0.374 e. The lowest BCUT2D eigenvalue weighted by molar-refractivity contribution is -0.185. The Bertz CT molecular complexity index is 263. The lowest BCUT2D eigenvalue weighted by atomic mass is 9.63. The van der Waals surface area contributed by atoms with E-state index in [1.165, 1.54) is 0 Å². The van der Waals surface area contributed by atoms with Gasteiger partial charge in [-0.2, -0.15) is 0 Å². The van der Waals surface area contributed by atoms with Gasteiger partial charge in [0.25, 0.3) is 0 Å². The molecule has 17 heavy (non-hydrogen) atoms. The topological polar surface area (TPSA) is 26.3 Å². The molecule has 100 valence electrons. The highest BCUT2D eigenvalue weighted by Gasteiger charge is 2.47. The van der Waals surface area contributed by atoms with Crippen LogP contribution in [0.2, 0.25) is 0 Å². The van der Waals surface area contributed by atoms with Gasteiger partial charge in [-0.3, -0.25) is 0 Å². The summed E-state index contributed by atoms with van der Waals surface area (Å²) in [5.74, 6) is 0.636. The van der Waals surface area contributed by atoms with Crippen molar-refractivity contribution >= 4 is 6.29 Å². The van der Waals surface area contributed by atoms with Gasteiger partial charge in [-0.05, 0) is 29.6 Å². The molecule has 0 unspecified atom stereocenters. The molecule has 1 aliphatic heterocycles. The normalized spacial score (nSPS) is 33.4. The summed E-state index contributed by atoms with van der Waals surface area (Å²) in [6.07, 6.45) is 4.08. The highest BCUT2D eigenvalue weighted by molar-refractivity contribution is 5.49. The van der Waals surface area contributed by atoms with E-state index in [9.17, 15) is 4.79 Å². The Morgan fingerprint density at radius 1 is 1.35 bits per heavy atom. The van der Waals surface area contributed by atoms with Crippen molar-refractivity contribution in [2.75, 3.05) is 0 Å². The molecule has 0 bridgehead atoms. The lowest BCUT2D eigenvalue weighted by Gasteiger charge is -2.52. The maximum absolute atomic E-state index is 10.5. The van der Waals surface area contributed by atoms with Gasteiger partial charge in [-0.15, -0.1) is 0 Å². The van der Waals surface area contributed by atoms with Crippen LogP contribution in [0.25, 0.3) is 0 Å². The molecular formula is C15H28O2. The van der Waals surface area contributed by atoms with Crippen molar-refractivity contribution in [3.63, 3.8) is 0 Å². The van der Waals surface area contributed by atoms with Crippen molar-refractivity contribution < 1.29 is 9.53 Å². The van der Waals surface area contributed by atoms with Gasteiger partial charge in [0.15, 0.2) is 0 Å². The van der Waals surface area contributed by atoms with Crippen molar-refractivity contribution in [1.82, 2.24) is 0 Å². The minimum absolute atomic E-state index is 0.150. The largest absolute Gasteiger partial charge is 0.374 e. The van der Waals surface area contributed by atoms with E-state index >= 15 is 0 Å². The third-order valence-corrected chi connectivity index (χ3v) is 4.28. The third-order valence-electron chi connectivity index (χ3n) is 4.28. The van der Waals surface area contributed by atoms with Crippen LogP contribution in [0, 0.1) is 16.7 Å². The van der Waals surface area contributed by atoms with Crippen LogP contribution in [-0.4, -0.2) is 18.5 Å². The molecule has 1 saturated heterocycles. The fourth-order valence-electron chi connectivity index (χ4n) is 3.14. The van der Waals surface area contributed by atoms with Crippen LogP contribution >= 0.6 is 0 Å². The van der Waals surface area contributed by atoms with Crippen LogP contribution in [0.15, 0.2) is 0 Å². The summed E-state index contributed by atoms with van der Waals surface area (Å²) in [7, 11) is 0. The Morgan fingerprint density at radius 2 is 1.94 bits per heavy atom. The number of rotatable bonds is 3. The zero-order valence-corrected chi connectivity index (χ0v) is 12.2. The molecule has 1 aliphatic rings. The lowest BCUT2D eigenvalue weighted by Crippen LogP contribution is -2.52. The van der Waals surface area contributed by atoms with Gasteiger partial charge in [0.1, 0.15) is 6.29 Å². The quantitative estimate of drug-likeness (QED) is 0.701. The minimum atomic E-state index is 0.150. The Kier molecular flexibility index (Phi) is 4.40. The molecule has 0 aliphatic carbocycles. The van der Waals surface area contributed by atoms with Gasteiger partial charge in [-0.25, -0.2) is 0 Å². The van der Waals surface area contributed by atoms with Gasteiger partial charge >= 0.3 is 0 Å². The highest BCUT2D eigenvalue weighted by atomic mass is 16.5. The Labute approximate surface area is 106 Å². The summed E-state index contributed by atoms with van der Waals surface area (Å²) in [6.45, 7) is 13.7. The van der Waals surface area contributed by atoms with E-state index in [-0.39, 0.29) is 23.0 Å². The maximum atomic E-state index is 10.5. The van der Waals surface area contributed by atoms with Crippen LogP contribution in [0.1, 0.15) is 60.8 Å². The first-order chi connectivity index (χ1) is 7.69. The van der Waals surface area contributed by atoms with E-state index in [4.69, 9.17) is 4.74 Å². The van der Waals surface area contributed by atoms with Crippen molar-refractivity contribution in [3.8, 4) is 0 Å². The first-order valence-corrected chi connectivity index (χ1v) is 6.78. The molecule has 0 spiro atoms. The molecule has 0 N–H and O–H groups in total. The zero-order valence-electron chi connectivity index (χ0n) is 12.2. The number of ether oxygens (including phenoxy) is 1.